The predicted molar refractivity (Wildman–Crippen MR) is 155 cm³/mol. The van der Waals surface area contributed by atoms with E-state index in [1.54, 1.807) is 10.8 Å². The van der Waals surface area contributed by atoms with Crippen LogP contribution in [0.25, 0.3) is 0 Å². The summed E-state index contributed by atoms with van der Waals surface area (Å²) in [6, 6.07) is 1.73. The van der Waals surface area contributed by atoms with E-state index in [1.165, 1.54) is 12.6 Å². The summed E-state index contributed by atoms with van der Waals surface area (Å²) < 4.78 is 7.14. The van der Waals surface area contributed by atoms with Crippen LogP contribution in [0.15, 0.2) is 23.3 Å². The lowest BCUT2D eigenvalue weighted by Crippen LogP contribution is -2.49. The second-order valence-electron chi connectivity index (χ2n) is 12.2. The number of carbonyl (C=O) groups is 2. The molecule has 11 heteroatoms. The van der Waals surface area contributed by atoms with Crippen LogP contribution in [0.1, 0.15) is 107 Å². The lowest BCUT2D eigenvalue weighted by Gasteiger charge is -2.33. The van der Waals surface area contributed by atoms with Crippen LogP contribution in [0.2, 0.25) is 0 Å². The van der Waals surface area contributed by atoms with E-state index in [0.29, 0.717) is 24.7 Å². The lowest BCUT2D eigenvalue weighted by molar-refractivity contribution is 0.0499. The molecule has 1 saturated carbocycles. The molecule has 0 bridgehead atoms. The number of alkyl carbamates (subject to hydrolysis) is 1. The zero-order valence-electron chi connectivity index (χ0n) is 24.3. The molecule has 0 spiro atoms. The summed E-state index contributed by atoms with van der Waals surface area (Å²) in [5, 5.41) is 6.21. The first-order valence-corrected chi connectivity index (χ1v) is 14.4. The Morgan fingerprint density at radius 1 is 1.12 bits per heavy atom. The van der Waals surface area contributed by atoms with Crippen LogP contribution in [0.4, 0.5) is 22.2 Å². The van der Waals surface area contributed by atoms with Gasteiger partial charge in [-0.2, -0.15) is 4.98 Å². The summed E-state index contributed by atoms with van der Waals surface area (Å²) in [5.74, 6) is 0.269. The van der Waals surface area contributed by atoms with Crippen LogP contribution < -0.4 is 26.8 Å². The molecule has 3 heterocycles. The molecule has 0 unspecified atom stereocenters. The lowest BCUT2D eigenvalue weighted by atomic mass is 9.84. The van der Waals surface area contributed by atoms with E-state index >= 15 is 0 Å². The smallest absolute Gasteiger partial charge is 0.407 e. The van der Waals surface area contributed by atoms with E-state index in [9.17, 15) is 14.4 Å². The van der Waals surface area contributed by atoms with E-state index in [0.717, 1.165) is 44.1 Å². The van der Waals surface area contributed by atoms with Crippen LogP contribution in [0, 0.1) is 0 Å². The van der Waals surface area contributed by atoms with Gasteiger partial charge in [-0.25, -0.2) is 9.78 Å². The molecule has 1 atom stereocenters. The van der Waals surface area contributed by atoms with Gasteiger partial charge in [0.1, 0.15) is 17.0 Å². The molecule has 1 aliphatic heterocycles. The number of pyridine rings is 1. The fraction of sp³-hybridized carbons (Fsp3) is 0.621. The number of anilines is 3. The van der Waals surface area contributed by atoms with Gasteiger partial charge in [0.25, 0.3) is 11.5 Å². The third-order valence-electron chi connectivity index (χ3n) is 7.40. The molecule has 218 valence electrons. The Morgan fingerprint density at radius 2 is 1.85 bits per heavy atom. The second-order valence-corrected chi connectivity index (χ2v) is 12.2. The summed E-state index contributed by atoms with van der Waals surface area (Å²) >= 11 is 0. The minimum absolute atomic E-state index is 0.0304. The Morgan fingerprint density at radius 3 is 2.50 bits per heavy atom. The highest BCUT2D eigenvalue weighted by Gasteiger charge is 2.27. The normalized spacial score (nSPS) is 18.4. The molecule has 1 aliphatic carbocycles. The number of amides is 2. The van der Waals surface area contributed by atoms with Gasteiger partial charge in [0.15, 0.2) is 0 Å². The Bertz CT molecular complexity index is 1280. The van der Waals surface area contributed by atoms with Crippen LogP contribution in [0.5, 0.6) is 0 Å². The fourth-order valence-corrected chi connectivity index (χ4v) is 5.47. The summed E-state index contributed by atoms with van der Waals surface area (Å²) in [4.78, 5) is 49.0. The highest BCUT2D eigenvalue weighted by molar-refractivity contribution is 5.98. The number of nitrogens with zero attached hydrogens (tertiary/aromatic N) is 4. The summed E-state index contributed by atoms with van der Waals surface area (Å²) in [7, 11) is 0. The number of primary amides is 1. The van der Waals surface area contributed by atoms with Crippen molar-refractivity contribution in [3.63, 3.8) is 0 Å². The highest BCUT2D eigenvalue weighted by atomic mass is 16.6. The summed E-state index contributed by atoms with van der Waals surface area (Å²) in [5.41, 5.74) is 6.75. The largest absolute Gasteiger partial charge is 0.444 e. The number of piperidine rings is 1. The van der Waals surface area contributed by atoms with Crippen molar-refractivity contribution in [3.8, 4) is 0 Å². The Balaban J connectivity index is 1.61. The number of hydrogen-bond acceptors (Lipinski definition) is 8. The van der Waals surface area contributed by atoms with E-state index < -0.39 is 17.6 Å². The average Bonchev–Trinajstić information content (AvgIpc) is 2.88. The first-order valence-electron chi connectivity index (χ1n) is 14.4. The molecular weight excluding hydrogens is 510 g/mol. The van der Waals surface area contributed by atoms with Crippen molar-refractivity contribution in [1.82, 2.24) is 19.9 Å². The molecule has 2 fully saturated rings. The van der Waals surface area contributed by atoms with Gasteiger partial charge in [0.2, 0.25) is 5.95 Å². The quantitative estimate of drug-likeness (QED) is 0.451. The zero-order valence-corrected chi connectivity index (χ0v) is 24.3. The average molecular weight is 554 g/mol. The summed E-state index contributed by atoms with van der Waals surface area (Å²) in [6.45, 7) is 10.6. The Hall–Kier alpha value is -3.63. The minimum Gasteiger partial charge on any atom is -0.444 e. The van der Waals surface area contributed by atoms with Crippen molar-refractivity contribution in [2.75, 3.05) is 23.3 Å². The van der Waals surface area contributed by atoms with Gasteiger partial charge in [-0.3, -0.25) is 9.59 Å². The first kappa shape index (κ1) is 29.4. The predicted octanol–water partition coefficient (Wildman–Crippen LogP) is 4.60. The van der Waals surface area contributed by atoms with Gasteiger partial charge in [-0.05, 0) is 72.3 Å². The van der Waals surface area contributed by atoms with E-state index in [1.807, 2.05) is 45.6 Å². The van der Waals surface area contributed by atoms with Crippen molar-refractivity contribution in [3.05, 3.63) is 39.9 Å². The highest BCUT2D eigenvalue weighted by Crippen LogP contribution is 2.33. The van der Waals surface area contributed by atoms with Crippen molar-refractivity contribution in [2.45, 2.75) is 103 Å². The Labute approximate surface area is 235 Å². The van der Waals surface area contributed by atoms with Crippen molar-refractivity contribution in [1.29, 1.82) is 0 Å². The van der Waals surface area contributed by atoms with Gasteiger partial charge in [0.05, 0.1) is 5.69 Å². The van der Waals surface area contributed by atoms with Crippen LogP contribution in [-0.2, 0) is 4.74 Å². The zero-order chi connectivity index (χ0) is 29.0. The molecular formula is C29H43N7O4. The number of aromatic nitrogens is 3. The molecule has 2 amide bonds. The maximum Gasteiger partial charge on any atom is 0.407 e. The van der Waals surface area contributed by atoms with Crippen LogP contribution in [-0.4, -0.2) is 51.3 Å². The summed E-state index contributed by atoms with van der Waals surface area (Å²) in [6.07, 6.45) is 9.79. The van der Waals surface area contributed by atoms with E-state index in [2.05, 4.69) is 15.6 Å². The van der Waals surface area contributed by atoms with Crippen molar-refractivity contribution in [2.24, 2.45) is 5.73 Å². The molecule has 2 aromatic heterocycles. The van der Waals surface area contributed by atoms with Gasteiger partial charge in [-0.15, -0.1) is 0 Å². The molecule has 2 aromatic rings. The third kappa shape index (κ3) is 7.31. The number of carbonyl (C=O) groups excluding carboxylic acids is 2. The number of ether oxygens (including phenoxy) is 1. The molecule has 0 aromatic carbocycles. The monoisotopic (exact) mass is 553 g/mol. The molecule has 1 saturated heterocycles. The minimum atomic E-state index is -0.651. The molecule has 4 N–H and O–H groups in total. The van der Waals surface area contributed by atoms with Gasteiger partial charge < -0.3 is 30.6 Å². The van der Waals surface area contributed by atoms with E-state index in [4.69, 9.17) is 15.5 Å². The molecule has 0 radical (unpaired) electrons. The van der Waals surface area contributed by atoms with Gasteiger partial charge in [0, 0.05) is 43.1 Å². The topological polar surface area (TPSA) is 144 Å². The van der Waals surface area contributed by atoms with Gasteiger partial charge in [-0.1, -0.05) is 19.3 Å². The molecule has 11 nitrogen and oxygen atoms in total. The second kappa shape index (κ2) is 12.3. The van der Waals surface area contributed by atoms with Crippen LogP contribution in [0.3, 0.4) is 0 Å². The van der Waals surface area contributed by atoms with Crippen molar-refractivity contribution < 1.29 is 14.3 Å². The maximum atomic E-state index is 13.3. The molecule has 2 aliphatic rings. The number of hydrogen-bond donors (Lipinski definition) is 3. The Kier molecular flexibility index (Phi) is 9.00. The van der Waals surface area contributed by atoms with Crippen molar-refractivity contribution >= 4 is 29.5 Å². The first-order chi connectivity index (χ1) is 18.9. The molecule has 4 rings (SSSR count). The fourth-order valence-electron chi connectivity index (χ4n) is 5.47. The number of rotatable bonds is 7. The SMILES string of the molecule is CC(C)n1cc(Nc2nc(N3CCC[C@H](NC(=O)OC(C)(C)C)C3)ncc2C(N)=O)cc(C2CCCCC2)c1=O. The number of nitrogens with two attached hydrogens (primary N) is 1. The van der Waals surface area contributed by atoms with E-state index in [-0.39, 0.29) is 34.9 Å². The van der Waals surface area contributed by atoms with Gasteiger partial charge >= 0.3 is 6.09 Å². The standard InChI is InChI=1S/C29H43N7O4/c1-18(2)36-17-21(14-22(26(36)38)19-10-7-6-8-11-19)32-25-23(24(30)37)15-31-27(34-25)35-13-9-12-20(16-35)33-28(39)40-29(3,4)5/h14-15,17-20H,6-13,16H2,1-5H3,(H2,30,37)(H,33,39)(H,31,32,34)/t20-/m0/s1. The van der Waals surface area contributed by atoms with Crippen LogP contribution >= 0.6 is 0 Å². The maximum absolute atomic E-state index is 13.3. The third-order valence-corrected chi connectivity index (χ3v) is 7.40. The molecule has 40 heavy (non-hydrogen) atoms. The number of nitrogens with one attached hydrogen (secondary N) is 2.